The number of carbonyl (C=O) groups excluding carboxylic acids is 2. The molecule has 2 aromatic heterocycles. The van der Waals surface area contributed by atoms with Gasteiger partial charge in [-0.1, -0.05) is 18.5 Å². The fourth-order valence-corrected chi connectivity index (χ4v) is 7.51. The second-order valence-corrected chi connectivity index (χ2v) is 12.8. The van der Waals surface area contributed by atoms with Crippen LogP contribution in [0.1, 0.15) is 93.0 Å². The molecule has 2 fully saturated rings. The van der Waals surface area contributed by atoms with Crippen LogP contribution < -0.4 is 5.32 Å². The van der Waals surface area contributed by atoms with E-state index in [1.54, 1.807) is 18.3 Å². The number of likely N-dealkylation sites (tertiary alicyclic amines) is 1. The number of hydrogen-bond acceptors (Lipinski definition) is 5. The summed E-state index contributed by atoms with van der Waals surface area (Å²) in [4.78, 5) is 35.2. The highest BCUT2D eigenvalue weighted by Gasteiger charge is 2.37. The zero-order valence-corrected chi connectivity index (χ0v) is 23.9. The van der Waals surface area contributed by atoms with Gasteiger partial charge in [0.1, 0.15) is 5.82 Å². The molecule has 2 aromatic rings. The SMILES string of the molecule is CCC(CC1CCCN1CCC(NC(C)=O)c1ccc(Cl)s1)n1c(C)nc2c1CCN(C(=O)C1CC1)C2. The van der Waals surface area contributed by atoms with Gasteiger partial charge in [0.25, 0.3) is 0 Å². The van der Waals surface area contributed by atoms with E-state index in [0.29, 0.717) is 24.5 Å². The number of halogens is 1. The summed E-state index contributed by atoms with van der Waals surface area (Å²) >= 11 is 7.74. The number of nitrogens with one attached hydrogen (secondary N) is 1. The lowest BCUT2D eigenvalue weighted by atomic mass is 10.0. The van der Waals surface area contributed by atoms with Crippen LogP contribution in [0.5, 0.6) is 0 Å². The topological polar surface area (TPSA) is 70.5 Å². The molecule has 7 nitrogen and oxygen atoms in total. The van der Waals surface area contributed by atoms with E-state index < -0.39 is 0 Å². The predicted molar refractivity (Wildman–Crippen MR) is 148 cm³/mol. The largest absolute Gasteiger partial charge is 0.349 e. The highest BCUT2D eigenvalue weighted by Crippen LogP contribution is 2.36. The van der Waals surface area contributed by atoms with Crippen molar-refractivity contribution in [3.05, 3.63) is 38.6 Å². The Hall–Kier alpha value is -1.90. The van der Waals surface area contributed by atoms with E-state index in [9.17, 15) is 9.59 Å². The van der Waals surface area contributed by atoms with Crippen LogP contribution in [0, 0.1) is 12.8 Å². The molecule has 37 heavy (non-hydrogen) atoms. The van der Waals surface area contributed by atoms with Crippen LogP contribution >= 0.6 is 22.9 Å². The number of thiophene rings is 1. The van der Waals surface area contributed by atoms with Gasteiger partial charge in [0, 0.05) is 55.0 Å². The molecule has 0 spiro atoms. The van der Waals surface area contributed by atoms with Crippen molar-refractivity contribution in [2.75, 3.05) is 19.6 Å². The van der Waals surface area contributed by atoms with E-state index in [0.717, 1.165) is 78.9 Å². The molecule has 1 aliphatic carbocycles. The Kier molecular flexibility index (Phi) is 8.27. The van der Waals surface area contributed by atoms with Gasteiger partial charge >= 0.3 is 0 Å². The first-order valence-corrected chi connectivity index (χ1v) is 15.1. The normalized spacial score (nSPS) is 21.6. The van der Waals surface area contributed by atoms with Gasteiger partial charge in [0.15, 0.2) is 0 Å². The van der Waals surface area contributed by atoms with Crippen molar-refractivity contribution < 1.29 is 9.59 Å². The maximum Gasteiger partial charge on any atom is 0.226 e. The van der Waals surface area contributed by atoms with Crippen LogP contribution in [0.4, 0.5) is 0 Å². The molecule has 0 bridgehead atoms. The predicted octanol–water partition coefficient (Wildman–Crippen LogP) is 5.27. The third-order valence-corrected chi connectivity index (χ3v) is 9.71. The molecule has 1 saturated carbocycles. The maximum absolute atomic E-state index is 12.6. The molecule has 2 aliphatic heterocycles. The van der Waals surface area contributed by atoms with Crippen LogP contribution in [0.3, 0.4) is 0 Å². The van der Waals surface area contributed by atoms with Crippen LogP contribution in [-0.2, 0) is 22.6 Å². The number of carbonyl (C=O) groups is 2. The molecule has 1 N–H and O–H groups in total. The molecule has 3 unspecified atom stereocenters. The number of hydrogen-bond donors (Lipinski definition) is 1. The first kappa shape index (κ1) is 26.7. The molecule has 0 radical (unpaired) electrons. The number of nitrogens with zero attached hydrogens (tertiary/aromatic N) is 4. The first-order chi connectivity index (χ1) is 17.8. The second kappa shape index (κ2) is 11.5. The van der Waals surface area contributed by atoms with Crippen molar-refractivity contribution >= 4 is 34.8 Å². The van der Waals surface area contributed by atoms with Crippen molar-refractivity contribution in [2.45, 2.75) is 96.8 Å². The van der Waals surface area contributed by atoms with Gasteiger partial charge < -0.3 is 19.7 Å². The molecule has 202 valence electrons. The van der Waals surface area contributed by atoms with Crippen molar-refractivity contribution in [1.82, 2.24) is 24.7 Å². The minimum absolute atomic E-state index is 0.00225. The van der Waals surface area contributed by atoms with Gasteiger partial charge in [-0.2, -0.15) is 0 Å². The molecule has 9 heteroatoms. The van der Waals surface area contributed by atoms with E-state index in [1.165, 1.54) is 18.5 Å². The van der Waals surface area contributed by atoms with Gasteiger partial charge in [-0.15, -0.1) is 11.3 Å². The number of aryl methyl sites for hydroxylation is 1. The summed E-state index contributed by atoms with van der Waals surface area (Å²) in [5.41, 5.74) is 2.45. The molecule has 2 amide bonds. The minimum atomic E-state index is -0.00343. The Morgan fingerprint density at radius 2 is 2.05 bits per heavy atom. The highest BCUT2D eigenvalue weighted by molar-refractivity contribution is 7.16. The van der Waals surface area contributed by atoms with Gasteiger partial charge in [0.05, 0.1) is 22.6 Å². The van der Waals surface area contributed by atoms with E-state index in [-0.39, 0.29) is 17.9 Å². The zero-order valence-electron chi connectivity index (χ0n) is 22.3. The fraction of sp³-hybridized carbons (Fsp3) is 0.679. The van der Waals surface area contributed by atoms with Gasteiger partial charge in [0.2, 0.25) is 11.8 Å². The molecule has 5 rings (SSSR count). The summed E-state index contributed by atoms with van der Waals surface area (Å²) in [6.07, 6.45) is 8.51. The number of fused-ring (bicyclic) bond motifs is 1. The van der Waals surface area contributed by atoms with Crippen molar-refractivity contribution in [1.29, 1.82) is 0 Å². The zero-order chi connectivity index (χ0) is 26.1. The van der Waals surface area contributed by atoms with E-state index in [1.807, 2.05) is 17.0 Å². The summed E-state index contributed by atoms with van der Waals surface area (Å²) < 4.78 is 3.26. The van der Waals surface area contributed by atoms with Gasteiger partial charge in [-0.05, 0) is 70.5 Å². The number of amides is 2. The monoisotopic (exact) mass is 545 g/mol. The molecule has 3 aliphatic rings. The van der Waals surface area contributed by atoms with E-state index >= 15 is 0 Å². The number of aromatic nitrogens is 2. The van der Waals surface area contributed by atoms with Crippen molar-refractivity contribution in [2.24, 2.45) is 5.92 Å². The third-order valence-electron chi connectivity index (χ3n) is 8.37. The average molecular weight is 546 g/mol. The summed E-state index contributed by atoms with van der Waals surface area (Å²) in [7, 11) is 0. The van der Waals surface area contributed by atoms with E-state index in [4.69, 9.17) is 16.6 Å². The number of rotatable bonds is 10. The lowest BCUT2D eigenvalue weighted by Gasteiger charge is -2.32. The fourth-order valence-electron chi connectivity index (χ4n) is 6.37. The lowest BCUT2D eigenvalue weighted by Crippen LogP contribution is -2.38. The summed E-state index contributed by atoms with van der Waals surface area (Å²) in [5, 5.41) is 3.13. The maximum atomic E-state index is 12.6. The Morgan fingerprint density at radius 1 is 1.24 bits per heavy atom. The van der Waals surface area contributed by atoms with Gasteiger partial charge in [-0.3, -0.25) is 9.59 Å². The second-order valence-electron chi connectivity index (χ2n) is 11.0. The minimum Gasteiger partial charge on any atom is -0.349 e. The molecule has 0 aromatic carbocycles. The Morgan fingerprint density at radius 3 is 2.73 bits per heavy atom. The van der Waals surface area contributed by atoms with Crippen LogP contribution in [-0.4, -0.2) is 56.8 Å². The van der Waals surface area contributed by atoms with E-state index in [2.05, 4.69) is 28.6 Å². The van der Waals surface area contributed by atoms with Crippen molar-refractivity contribution in [3.8, 4) is 0 Å². The van der Waals surface area contributed by atoms with Crippen molar-refractivity contribution in [3.63, 3.8) is 0 Å². The Bertz CT molecular complexity index is 1130. The molecule has 1 saturated heterocycles. The molecule has 4 heterocycles. The Balaban J connectivity index is 1.24. The molecule has 3 atom stereocenters. The lowest BCUT2D eigenvalue weighted by molar-refractivity contribution is -0.133. The standard InChI is InChI=1S/C28H40ClN5O2S/c1-4-21(34-18(2)30-24-17-33(15-12-25(24)34)28(36)20-7-8-20)16-22-6-5-13-32(22)14-11-23(31-19(3)35)26-9-10-27(29)37-26/h9-10,20-23H,4-8,11-17H2,1-3H3,(H,31,35). The van der Waals surface area contributed by atoms with Crippen LogP contribution in [0.25, 0.3) is 0 Å². The molecular formula is C28H40ClN5O2S. The quantitative estimate of drug-likeness (QED) is 0.441. The Labute approximate surface area is 229 Å². The number of imidazole rings is 1. The third kappa shape index (κ3) is 6.07. The van der Waals surface area contributed by atoms with Crippen LogP contribution in [0.15, 0.2) is 12.1 Å². The highest BCUT2D eigenvalue weighted by atomic mass is 35.5. The first-order valence-electron chi connectivity index (χ1n) is 14.0. The summed E-state index contributed by atoms with van der Waals surface area (Å²) in [6, 6.07) is 4.89. The summed E-state index contributed by atoms with van der Waals surface area (Å²) in [5.74, 6) is 1.68. The van der Waals surface area contributed by atoms with Crippen LogP contribution in [0.2, 0.25) is 4.34 Å². The molecular weight excluding hydrogens is 506 g/mol. The summed E-state index contributed by atoms with van der Waals surface area (Å²) in [6.45, 7) is 9.55. The van der Waals surface area contributed by atoms with Gasteiger partial charge in [-0.25, -0.2) is 4.98 Å². The average Bonchev–Trinajstić information content (AvgIpc) is 3.33. The smallest absolute Gasteiger partial charge is 0.226 e.